The molecule has 1 aromatic carbocycles. The maximum Gasteiger partial charge on any atom is 0.294 e. The summed E-state index contributed by atoms with van der Waals surface area (Å²) in [5, 5.41) is 22.7. The molecule has 1 atom stereocenters. The van der Waals surface area contributed by atoms with Crippen molar-refractivity contribution >= 4 is 11.6 Å². The molecular weight excluding hydrogens is 288 g/mol. The van der Waals surface area contributed by atoms with Gasteiger partial charge >= 0.3 is 0 Å². The number of aromatic nitrogens is 2. The van der Waals surface area contributed by atoms with Crippen LogP contribution in [0.5, 0.6) is 0 Å². The van der Waals surface area contributed by atoms with Gasteiger partial charge in [0.2, 0.25) is 0 Å². The minimum Gasteiger partial charge on any atom is -0.396 e. The molecule has 0 saturated heterocycles. The molecule has 1 aromatic heterocycles. The smallest absolute Gasteiger partial charge is 0.294 e. The molecule has 0 saturated carbocycles. The Bertz CT molecular complexity index is 669. The average molecular weight is 304 g/mol. The molecule has 8 heteroatoms. The van der Waals surface area contributed by atoms with Gasteiger partial charge in [-0.2, -0.15) is 0 Å². The molecule has 1 heterocycles. The van der Waals surface area contributed by atoms with Crippen LogP contribution in [-0.4, -0.2) is 38.1 Å². The van der Waals surface area contributed by atoms with Crippen molar-refractivity contribution in [2.75, 3.05) is 6.61 Å². The predicted octanol–water partition coefficient (Wildman–Crippen LogP) is 1.28. The Morgan fingerprint density at radius 3 is 2.91 bits per heavy atom. The van der Waals surface area contributed by atoms with Crippen LogP contribution < -0.4 is 5.32 Å². The lowest BCUT2D eigenvalue weighted by molar-refractivity contribution is -0.384. The third-order valence-corrected chi connectivity index (χ3v) is 3.16. The Balaban J connectivity index is 2.30. The standard InChI is InChI=1S/C14H16N4O4/c1-10(4-7-19)16-14(20)11-2-3-12(13(8-11)18(21)22)17-6-5-15-9-17/h2-3,5-6,8-10,19H,4,7H2,1H3,(H,16,20). The molecule has 116 valence electrons. The number of carbonyl (C=O) groups is 1. The second-order valence-electron chi connectivity index (χ2n) is 4.82. The molecule has 0 aliphatic rings. The number of nitrogens with one attached hydrogen (secondary N) is 1. The number of benzene rings is 1. The van der Waals surface area contributed by atoms with Crippen molar-refractivity contribution < 1.29 is 14.8 Å². The molecule has 1 amide bonds. The van der Waals surface area contributed by atoms with Gasteiger partial charge in [0.25, 0.3) is 11.6 Å². The number of hydrogen-bond acceptors (Lipinski definition) is 5. The van der Waals surface area contributed by atoms with Crippen molar-refractivity contribution in [3.63, 3.8) is 0 Å². The number of nitrogens with zero attached hydrogens (tertiary/aromatic N) is 3. The first kappa shape index (κ1) is 15.6. The van der Waals surface area contributed by atoms with Crippen LogP contribution in [0.25, 0.3) is 5.69 Å². The quantitative estimate of drug-likeness (QED) is 0.617. The van der Waals surface area contributed by atoms with Crippen molar-refractivity contribution in [3.05, 3.63) is 52.6 Å². The fraction of sp³-hybridized carbons (Fsp3) is 0.286. The molecule has 0 aliphatic heterocycles. The van der Waals surface area contributed by atoms with Gasteiger partial charge in [0.1, 0.15) is 5.69 Å². The monoisotopic (exact) mass is 304 g/mol. The summed E-state index contributed by atoms with van der Waals surface area (Å²) < 4.78 is 1.51. The maximum absolute atomic E-state index is 12.1. The van der Waals surface area contributed by atoms with Crippen molar-refractivity contribution in [1.29, 1.82) is 0 Å². The van der Waals surface area contributed by atoms with E-state index in [4.69, 9.17) is 5.11 Å². The van der Waals surface area contributed by atoms with Crippen molar-refractivity contribution in [3.8, 4) is 5.69 Å². The van der Waals surface area contributed by atoms with E-state index in [1.807, 2.05) is 0 Å². The Kier molecular flexibility index (Phi) is 4.84. The third kappa shape index (κ3) is 3.47. The average Bonchev–Trinajstić information content (AvgIpc) is 3.00. The zero-order valence-corrected chi connectivity index (χ0v) is 12.0. The number of aliphatic hydroxyl groups excluding tert-OH is 1. The summed E-state index contributed by atoms with van der Waals surface area (Å²) in [6, 6.07) is 4.04. The molecule has 1 unspecified atom stereocenters. The van der Waals surface area contributed by atoms with E-state index in [1.54, 1.807) is 13.1 Å². The lowest BCUT2D eigenvalue weighted by Crippen LogP contribution is -2.33. The molecule has 2 N–H and O–H groups in total. The highest BCUT2D eigenvalue weighted by atomic mass is 16.6. The second-order valence-corrected chi connectivity index (χ2v) is 4.82. The molecule has 0 spiro atoms. The van der Waals surface area contributed by atoms with E-state index < -0.39 is 10.8 Å². The molecule has 0 fully saturated rings. The van der Waals surface area contributed by atoms with E-state index in [0.29, 0.717) is 12.1 Å². The zero-order chi connectivity index (χ0) is 16.1. The molecule has 2 aromatic rings. The topological polar surface area (TPSA) is 110 Å². The first-order valence-corrected chi connectivity index (χ1v) is 6.71. The number of carbonyl (C=O) groups excluding carboxylic acids is 1. The first-order chi connectivity index (χ1) is 10.5. The van der Waals surface area contributed by atoms with Crippen molar-refractivity contribution in [2.24, 2.45) is 0 Å². The lowest BCUT2D eigenvalue weighted by atomic mass is 10.1. The molecule has 0 aliphatic carbocycles. The van der Waals surface area contributed by atoms with Gasteiger partial charge in [0.05, 0.1) is 11.3 Å². The van der Waals surface area contributed by atoms with Gasteiger partial charge in [-0.25, -0.2) is 4.98 Å². The van der Waals surface area contributed by atoms with Crippen LogP contribution >= 0.6 is 0 Å². The Labute approximate surface area is 126 Å². The molecule has 22 heavy (non-hydrogen) atoms. The molecule has 2 rings (SSSR count). The molecule has 8 nitrogen and oxygen atoms in total. The van der Waals surface area contributed by atoms with Gasteiger partial charge in [-0.1, -0.05) is 0 Å². The van der Waals surface area contributed by atoms with Crippen molar-refractivity contribution in [1.82, 2.24) is 14.9 Å². The first-order valence-electron chi connectivity index (χ1n) is 6.71. The number of rotatable bonds is 6. The summed E-state index contributed by atoms with van der Waals surface area (Å²) in [5.41, 5.74) is 0.350. The minimum absolute atomic E-state index is 0.0405. The van der Waals surface area contributed by atoms with Crippen LogP contribution in [0.15, 0.2) is 36.9 Å². The van der Waals surface area contributed by atoms with E-state index in [0.717, 1.165) is 0 Å². The minimum atomic E-state index is -0.538. The summed E-state index contributed by atoms with van der Waals surface area (Å²) >= 11 is 0. The third-order valence-electron chi connectivity index (χ3n) is 3.16. The normalized spacial score (nSPS) is 11.9. The van der Waals surface area contributed by atoms with Gasteiger partial charge in [-0.05, 0) is 25.5 Å². The van der Waals surface area contributed by atoms with Crippen LogP contribution in [-0.2, 0) is 0 Å². The lowest BCUT2D eigenvalue weighted by Gasteiger charge is -2.13. The highest BCUT2D eigenvalue weighted by Gasteiger charge is 2.19. The summed E-state index contributed by atoms with van der Waals surface area (Å²) in [7, 11) is 0. The Morgan fingerprint density at radius 2 is 2.32 bits per heavy atom. The van der Waals surface area contributed by atoms with Gasteiger partial charge in [0, 0.05) is 36.7 Å². The summed E-state index contributed by atoms with van der Waals surface area (Å²) in [4.78, 5) is 26.6. The number of amides is 1. The van der Waals surface area contributed by atoms with Gasteiger partial charge in [0.15, 0.2) is 0 Å². The Morgan fingerprint density at radius 1 is 1.55 bits per heavy atom. The van der Waals surface area contributed by atoms with Crippen LogP contribution in [0, 0.1) is 10.1 Å². The number of nitro benzene ring substituents is 1. The van der Waals surface area contributed by atoms with Crippen molar-refractivity contribution in [2.45, 2.75) is 19.4 Å². The number of hydrogen-bond donors (Lipinski definition) is 2. The van der Waals surface area contributed by atoms with E-state index >= 15 is 0 Å². The second kappa shape index (κ2) is 6.81. The van der Waals surface area contributed by atoms with Gasteiger partial charge in [-0.3, -0.25) is 14.9 Å². The van der Waals surface area contributed by atoms with Gasteiger partial charge in [-0.15, -0.1) is 0 Å². The largest absolute Gasteiger partial charge is 0.396 e. The fourth-order valence-corrected chi connectivity index (χ4v) is 2.00. The molecule has 0 radical (unpaired) electrons. The number of aliphatic hydroxyl groups is 1. The maximum atomic E-state index is 12.1. The van der Waals surface area contributed by atoms with E-state index in [2.05, 4.69) is 10.3 Å². The van der Waals surface area contributed by atoms with Crippen LogP contribution in [0.4, 0.5) is 5.69 Å². The van der Waals surface area contributed by atoms with E-state index in [1.165, 1.54) is 35.3 Å². The number of nitro groups is 1. The highest BCUT2D eigenvalue weighted by Crippen LogP contribution is 2.24. The summed E-state index contributed by atoms with van der Waals surface area (Å²) in [6.45, 7) is 1.71. The van der Waals surface area contributed by atoms with E-state index in [9.17, 15) is 14.9 Å². The summed E-state index contributed by atoms with van der Waals surface area (Å²) in [5.74, 6) is -0.416. The molecule has 0 bridgehead atoms. The van der Waals surface area contributed by atoms with Crippen LogP contribution in [0.2, 0.25) is 0 Å². The van der Waals surface area contributed by atoms with Crippen LogP contribution in [0.3, 0.4) is 0 Å². The highest BCUT2D eigenvalue weighted by molar-refractivity contribution is 5.95. The fourth-order valence-electron chi connectivity index (χ4n) is 2.00. The Hall–Kier alpha value is -2.74. The molecular formula is C14H16N4O4. The van der Waals surface area contributed by atoms with Gasteiger partial charge < -0.3 is 15.0 Å². The van der Waals surface area contributed by atoms with E-state index in [-0.39, 0.29) is 23.9 Å². The number of imidazole rings is 1. The predicted molar refractivity (Wildman–Crippen MR) is 78.8 cm³/mol. The van der Waals surface area contributed by atoms with Crippen LogP contribution in [0.1, 0.15) is 23.7 Å². The SMILES string of the molecule is CC(CCO)NC(=O)c1ccc(-n2ccnc2)c([N+](=O)[O-])c1. The summed E-state index contributed by atoms with van der Waals surface area (Å²) in [6.07, 6.45) is 4.97. The zero-order valence-electron chi connectivity index (χ0n) is 12.0.